The molecule has 0 saturated heterocycles. The van der Waals surface area contributed by atoms with Gasteiger partial charge in [0.15, 0.2) is 5.82 Å². The average Bonchev–Trinajstić information content (AvgIpc) is 2.97. The molecule has 0 bridgehead atoms. The zero-order chi connectivity index (χ0) is 21.1. The third-order valence-electron chi connectivity index (χ3n) is 4.66. The standard InChI is InChI=1S/C22H33N3O3/c1-14-24-19(28-25-14)10-11-23-18(26)9-8-15-12-16(21(2,3)4)20(27)17(13-15)22(5,6)7/h12-13,27H,8-11H2,1-7H3,(H,23,26). The van der Waals surface area contributed by atoms with E-state index in [1.54, 1.807) is 6.92 Å². The maximum Gasteiger partial charge on any atom is 0.228 e. The highest BCUT2D eigenvalue weighted by Crippen LogP contribution is 2.39. The molecule has 0 spiro atoms. The van der Waals surface area contributed by atoms with Gasteiger partial charge in [-0.1, -0.05) is 58.8 Å². The number of carbonyl (C=O) groups excluding carboxylic acids is 1. The molecule has 0 saturated carbocycles. The number of aromatic nitrogens is 2. The average molecular weight is 388 g/mol. The van der Waals surface area contributed by atoms with E-state index in [1.807, 2.05) is 12.1 Å². The molecule has 6 nitrogen and oxygen atoms in total. The molecule has 1 amide bonds. The van der Waals surface area contributed by atoms with Crippen molar-refractivity contribution < 1.29 is 14.4 Å². The molecule has 2 N–H and O–H groups in total. The second kappa shape index (κ2) is 8.33. The van der Waals surface area contributed by atoms with Crippen molar-refractivity contribution >= 4 is 5.91 Å². The van der Waals surface area contributed by atoms with Crippen molar-refractivity contribution in [1.29, 1.82) is 0 Å². The maximum atomic E-state index is 12.2. The summed E-state index contributed by atoms with van der Waals surface area (Å²) >= 11 is 0. The smallest absolute Gasteiger partial charge is 0.228 e. The lowest BCUT2D eigenvalue weighted by Crippen LogP contribution is -2.26. The highest BCUT2D eigenvalue weighted by Gasteiger charge is 2.26. The Balaban J connectivity index is 2.03. The van der Waals surface area contributed by atoms with Gasteiger partial charge in [0.2, 0.25) is 11.8 Å². The largest absolute Gasteiger partial charge is 0.507 e. The fraction of sp³-hybridized carbons (Fsp3) is 0.591. The fourth-order valence-electron chi connectivity index (χ4n) is 3.08. The van der Waals surface area contributed by atoms with E-state index in [2.05, 4.69) is 57.0 Å². The van der Waals surface area contributed by atoms with Crippen LogP contribution in [0.5, 0.6) is 5.75 Å². The lowest BCUT2D eigenvalue weighted by Gasteiger charge is -2.28. The number of aromatic hydroxyl groups is 1. The minimum atomic E-state index is -0.176. The number of benzene rings is 1. The van der Waals surface area contributed by atoms with Crippen LogP contribution in [-0.4, -0.2) is 27.7 Å². The zero-order valence-electron chi connectivity index (χ0n) is 18.1. The molecule has 0 unspecified atom stereocenters. The molecule has 28 heavy (non-hydrogen) atoms. The lowest BCUT2D eigenvalue weighted by molar-refractivity contribution is -0.121. The zero-order valence-corrected chi connectivity index (χ0v) is 18.1. The van der Waals surface area contributed by atoms with E-state index in [9.17, 15) is 9.90 Å². The molecule has 0 fully saturated rings. The van der Waals surface area contributed by atoms with Crippen LogP contribution in [0.3, 0.4) is 0 Å². The van der Waals surface area contributed by atoms with Crippen LogP contribution in [0.25, 0.3) is 0 Å². The van der Waals surface area contributed by atoms with Crippen molar-refractivity contribution in [3.8, 4) is 5.75 Å². The minimum absolute atomic E-state index is 0.0149. The van der Waals surface area contributed by atoms with Crippen LogP contribution >= 0.6 is 0 Å². The van der Waals surface area contributed by atoms with E-state index >= 15 is 0 Å². The summed E-state index contributed by atoms with van der Waals surface area (Å²) in [5, 5.41) is 17.4. The molecule has 1 aromatic carbocycles. The molecule has 154 valence electrons. The molecule has 2 aromatic rings. The number of hydrogen-bond donors (Lipinski definition) is 2. The number of nitrogens with zero attached hydrogens (tertiary/aromatic N) is 2. The number of hydrogen-bond acceptors (Lipinski definition) is 5. The molecule has 0 aliphatic heterocycles. The molecule has 0 aliphatic rings. The number of phenols is 1. The summed E-state index contributed by atoms with van der Waals surface area (Å²) in [6, 6.07) is 4.05. The Kier molecular flexibility index (Phi) is 6.52. The molecule has 1 aromatic heterocycles. The quantitative estimate of drug-likeness (QED) is 0.783. The van der Waals surface area contributed by atoms with Crippen molar-refractivity contribution in [2.45, 2.75) is 78.6 Å². The Labute approximate surface area is 167 Å². The summed E-state index contributed by atoms with van der Waals surface area (Å²) in [6.45, 7) is 14.8. The number of nitrogens with one attached hydrogen (secondary N) is 1. The molecule has 0 atom stereocenters. The lowest BCUT2D eigenvalue weighted by atomic mass is 9.78. The molecule has 2 rings (SSSR count). The van der Waals surface area contributed by atoms with Crippen molar-refractivity contribution in [2.24, 2.45) is 0 Å². The number of aryl methyl sites for hydroxylation is 2. The van der Waals surface area contributed by atoms with Crippen LogP contribution in [0.2, 0.25) is 0 Å². The van der Waals surface area contributed by atoms with Gasteiger partial charge in [0.1, 0.15) is 5.75 Å². The van der Waals surface area contributed by atoms with E-state index in [4.69, 9.17) is 4.52 Å². The molecule has 6 heteroatoms. The number of phenolic OH excluding ortho intramolecular Hbond substituents is 1. The van der Waals surface area contributed by atoms with Gasteiger partial charge in [0.05, 0.1) is 0 Å². The van der Waals surface area contributed by atoms with Gasteiger partial charge in [0, 0.05) is 19.4 Å². The predicted octanol–water partition coefficient (Wildman–Crippen LogP) is 3.97. The first-order valence-corrected chi connectivity index (χ1v) is 9.80. The van der Waals surface area contributed by atoms with E-state index in [-0.39, 0.29) is 16.7 Å². The Morgan fingerprint density at radius 1 is 1.07 bits per heavy atom. The molecular weight excluding hydrogens is 354 g/mol. The van der Waals surface area contributed by atoms with Gasteiger partial charge in [-0.15, -0.1) is 0 Å². The molecule has 0 aliphatic carbocycles. The van der Waals surface area contributed by atoms with Gasteiger partial charge in [-0.2, -0.15) is 4.98 Å². The highest BCUT2D eigenvalue weighted by molar-refractivity contribution is 5.76. The summed E-state index contributed by atoms with van der Waals surface area (Å²) < 4.78 is 5.04. The van der Waals surface area contributed by atoms with Crippen LogP contribution in [0.15, 0.2) is 16.7 Å². The van der Waals surface area contributed by atoms with Gasteiger partial charge in [-0.05, 0) is 40.9 Å². The summed E-state index contributed by atoms with van der Waals surface area (Å²) in [7, 11) is 0. The van der Waals surface area contributed by atoms with Gasteiger partial charge in [-0.25, -0.2) is 0 Å². The first-order valence-electron chi connectivity index (χ1n) is 9.80. The monoisotopic (exact) mass is 387 g/mol. The van der Waals surface area contributed by atoms with E-state index < -0.39 is 0 Å². The normalized spacial score (nSPS) is 12.2. The summed E-state index contributed by atoms with van der Waals surface area (Å²) in [4.78, 5) is 16.3. The van der Waals surface area contributed by atoms with Crippen molar-refractivity contribution in [3.05, 3.63) is 40.5 Å². The van der Waals surface area contributed by atoms with Gasteiger partial charge in [-0.3, -0.25) is 4.79 Å². The second-order valence-corrected chi connectivity index (χ2v) is 9.37. The van der Waals surface area contributed by atoms with E-state index in [1.165, 1.54) is 0 Å². The molecule has 1 heterocycles. The first kappa shape index (κ1) is 21.9. The number of amides is 1. The summed E-state index contributed by atoms with van der Waals surface area (Å²) in [6.07, 6.45) is 1.53. The van der Waals surface area contributed by atoms with Crippen LogP contribution in [-0.2, 0) is 28.5 Å². The molecular formula is C22H33N3O3. The van der Waals surface area contributed by atoms with Gasteiger partial charge in [0.25, 0.3) is 0 Å². The van der Waals surface area contributed by atoms with Crippen LogP contribution in [0.1, 0.15) is 76.4 Å². The summed E-state index contributed by atoms with van der Waals surface area (Å²) in [5.41, 5.74) is 2.55. The third-order valence-corrected chi connectivity index (χ3v) is 4.66. The Morgan fingerprint density at radius 2 is 1.64 bits per heavy atom. The first-order chi connectivity index (χ1) is 12.9. The van der Waals surface area contributed by atoms with Crippen LogP contribution in [0, 0.1) is 6.92 Å². The second-order valence-electron chi connectivity index (χ2n) is 9.37. The Morgan fingerprint density at radius 3 is 2.11 bits per heavy atom. The SMILES string of the molecule is Cc1noc(CCNC(=O)CCc2cc(C(C)(C)C)c(O)c(C(C)(C)C)c2)n1. The van der Waals surface area contributed by atoms with Gasteiger partial charge >= 0.3 is 0 Å². The fourth-order valence-corrected chi connectivity index (χ4v) is 3.08. The topological polar surface area (TPSA) is 88.2 Å². The predicted molar refractivity (Wildman–Crippen MR) is 110 cm³/mol. The van der Waals surface area contributed by atoms with Crippen LogP contribution in [0.4, 0.5) is 0 Å². The highest BCUT2D eigenvalue weighted by atomic mass is 16.5. The third kappa shape index (κ3) is 5.81. The number of rotatable bonds is 6. The van der Waals surface area contributed by atoms with Crippen LogP contribution < -0.4 is 5.32 Å². The Bertz CT molecular complexity index is 791. The Hall–Kier alpha value is -2.37. The number of carbonyl (C=O) groups is 1. The molecule has 0 radical (unpaired) electrons. The van der Waals surface area contributed by atoms with Gasteiger partial charge < -0.3 is 14.9 Å². The minimum Gasteiger partial charge on any atom is -0.507 e. The van der Waals surface area contributed by atoms with Crippen molar-refractivity contribution in [3.63, 3.8) is 0 Å². The van der Waals surface area contributed by atoms with Crippen molar-refractivity contribution in [2.75, 3.05) is 6.54 Å². The van der Waals surface area contributed by atoms with Crippen molar-refractivity contribution in [1.82, 2.24) is 15.5 Å². The van der Waals surface area contributed by atoms with E-state index in [0.29, 0.717) is 43.3 Å². The maximum absolute atomic E-state index is 12.2. The summed E-state index contributed by atoms with van der Waals surface area (Å²) in [5.74, 6) is 1.47. The van der Waals surface area contributed by atoms with E-state index in [0.717, 1.165) is 16.7 Å².